The van der Waals surface area contributed by atoms with Crippen LogP contribution in [-0.2, 0) is 0 Å². The molecule has 2 rings (SSSR count). The van der Waals surface area contributed by atoms with Crippen molar-refractivity contribution in [3.8, 4) is 0 Å². The Hall–Kier alpha value is -1.29. The molecule has 0 aliphatic carbocycles. The highest BCUT2D eigenvalue weighted by molar-refractivity contribution is 7.80. The maximum atomic E-state index is 4.11. The van der Waals surface area contributed by atoms with Crippen molar-refractivity contribution in [2.75, 3.05) is 5.75 Å². The van der Waals surface area contributed by atoms with E-state index in [1.807, 2.05) is 24.3 Å². The molecule has 0 radical (unpaired) electrons. The highest BCUT2D eigenvalue weighted by Crippen LogP contribution is 2.13. The van der Waals surface area contributed by atoms with Crippen molar-refractivity contribution < 1.29 is 0 Å². The normalized spacial score (nSPS) is 11.5. The lowest BCUT2D eigenvalue weighted by molar-refractivity contribution is 1.09. The molecule has 13 heavy (non-hydrogen) atoms. The van der Waals surface area contributed by atoms with Crippen molar-refractivity contribution in [3.05, 3.63) is 30.1 Å². The molecule has 66 valence electrons. The Kier molecular flexibility index (Phi) is 2.31. The summed E-state index contributed by atoms with van der Waals surface area (Å²) in [5.41, 5.74) is 1.73. The predicted octanol–water partition coefficient (Wildman–Crippen LogP) is 1.90. The molecule has 0 atom stereocenters. The van der Waals surface area contributed by atoms with E-state index in [0.29, 0.717) is 0 Å². The lowest BCUT2D eigenvalue weighted by Crippen LogP contribution is -1.73. The smallest absolute Gasteiger partial charge is 0.181 e. The minimum atomic E-state index is 0.723. The largest absolute Gasteiger partial charge is 0.276 e. The zero-order valence-electron chi connectivity index (χ0n) is 6.94. The molecule has 0 aromatic carbocycles. The molecule has 0 aliphatic rings. The van der Waals surface area contributed by atoms with Gasteiger partial charge in [0.1, 0.15) is 0 Å². The molecule has 0 bridgehead atoms. The Balaban J connectivity index is 2.52. The van der Waals surface area contributed by atoms with Crippen LogP contribution in [0.25, 0.3) is 17.1 Å². The summed E-state index contributed by atoms with van der Waals surface area (Å²) in [6.07, 6.45) is 5.66. The van der Waals surface area contributed by atoms with E-state index in [4.69, 9.17) is 0 Å². The molecule has 2 heterocycles. The molecule has 3 nitrogen and oxygen atoms in total. The number of hydrogen-bond donors (Lipinski definition) is 2. The van der Waals surface area contributed by atoms with Gasteiger partial charge in [0.2, 0.25) is 0 Å². The molecule has 0 saturated carbocycles. The number of fused-ring (bicyclic) bond motifs is 1. The van der Waals surface area contributed by atoms with Gasteiger partial charge in [-0.1, -0.05) is 6.08 Å². The molecule has 0 fully saturated rings. The van der Waals surface area contributed by atoms with Gasteiger partial charge in [-0.05, 0) is 18.2 Å². The fourth-order valence-electron chi connectivity index (χ4n) is 1.17. The van der Waals surface area contributed by atoms with Crippen LogP contribution >= 0.6 is 12.6 Å². The first-order chi connectivity index (χ1) is 6.42. The maximum Gasteiger partial charge on any atom is 0.181 e. The van der Waals surface area contributed by atoms with Crippen LogP contribution in [0.4, 0.5) is 0 Å². The van der Waals surface area contributed by atoms with E-state index in [0.717, 1.165) is 22.5 Å². The van der Waals surface area contributed by atoms with Gasteiger partial charge in [-0.2, -0.15) is 17.7 Å². The van der Waals surface area contributed by atoms with Gasteiger partial charge in [0, 0.05) is 17.3 Å². The van der Waals surface area contributed by atoms with E-state index in [9.17, 15) is 0 Å². The third-order valence-corrected chi connectivity index (χ3v) is 1.96. The quantitative estimate of drug-likeness (QED) is 0.712. The number of nitrogens with zero attached hydrogens (tertiary/aromatic N) is 2. The van der Waals surface area contributed by atoms with Crippen LogP contribution in [0.5, 0.6) is 0 Å². The number of nitrogens with one attached hydrogen (secondary N) is 1. The molecule has 4 heteroatoms. The highest BCUT2D eigenvalue weighted by atomic mass is 32.1. The average molecular weight is 191 g/mol. The number of rotatable bonds is 2. The van der Waals surface area contributed by atoms with Gasteiger partial charge >= 0.3 is 0 Å². The summed E-state index contributed by atoms with van der Waals surface area (Å²) in [5.74, 6) is 0.723. The topological polar surface area (TPSA) is 41.6 Å². The SMILES string of the molecule is SCC=Cc1[nH]nc2ncccc12. The minimum Gasteiger partial charge on any atom is -0.276 e. The summed E-state index contributed by atoms with van der Waals surface area (Å²) >= 11 is 4.09. The van der Waals surface area contributed by atoms with Crippen molar-refractivity contribution in [1.82, 2.24) is 15.2 Å². The molecule has 2 aromatic rings. The minimum absolute atomic E-state index is 0.723. The van der Waals surface area contributed by atoms with Crippen molar-refractivity contribution in [3.63, 3.8) is 0 Å². The van der Waals surface area contributed by atoms with E-state index in [1.54, 1.807) is 6.20 Å². The summed E-state index contributed by atoms with van der Waals surface area (Å²) in [7, 11) is 0. The van der Waals surface area contributed by atoms with E-state index >= 15 is 0 Å². The Morgan fingerprint density at radius 1 is 1.54 bits per heavy atom. The van der Waals surface area contributed by atoms with Gasteiger partial charge in [-0.25, -0.2) is 4.98 Å². The monoisotopic (exact) mass is 191 g/mol. The molecule has 1 N–H and O–H groups in total. The van der Waals surface area contributed by atoms with Gasteiger partial charge in [0.25, 0.3) is 0 Å². The van der Waals surface area contributed by atoms with Crippen LogP contribution in [0, 0.1) is 0 Å². The summed E-state index contributed by atoms with van der Waals surface area (Å²) in [6.45, 7) is 0. The fraction of sp³-hybridized carbons (Fsp3) is 0.111. The number of hydrogen-bond acceptors (Lipinski definition) is 3. The van der Waals surface area contributed by atoms with Crippen molar-refractivity contribution in [2.45, 2.75) is 0 Å². The van der Waals surface area contributed by atoms with E-state index in [1.165, 1.54) is 0 Å². The first kappa shape index (κ1) is 8.31. The number of thiol groups is 1. The zero-order valence-corrected chi connectivity index (χ0v) is 7.83. The second kappa shape index (κ2) is 3.62. The third-order valence-electron chi connectivity index (χ3n) is 1.75. The van der Waals surface area contributed by atoms with Crippen molar-refractivity contribution >= 4 is 29.7 Å². The van der Waals surface area contributed by atoms with Gasteiger partial charge < -0.3 is 0 Å². The van der Waals surface area contributed by atoms with Gasteiger partial charge in [0.05, 0.1) is 5.69 Å². The predicted molar refractivity (Wildman–Crippen MR) is 56.8 cm³/mol. The second-order valence-corrected chi connectivity index (χ2v) is 2.96. The zero-order chi connectivity index (χ0) is 9.10. The van der Waals surface area contributed by atoms with Crippen LogP contribution in [0.1, 0.15) is 5.69 Å². The number of pyridine rings is 1. The van der Waals surface area contributed by atoms with Crippen molar-refractivity contribution in [1.29, 1.82) is 0 Å². The van der Waals surface area contributed by atoms with Crippen LogP contribution < -0.4 is 0 Å². The highest BCUT2D eigenvalue weighted by Gasteiger charge is 2.00. The van der Waals surface area contributed by atoms with E-state index < -0.39 is 0 Å². The van der Waals surface area contributed by atoms with E-state index in [2.05, 4.69) is 27.8 Å². The number of aromatic nitrogens is 3. The number of aromatic amines is 1. The lowest BCUT2D eigenvalue weighted by Gasteiger charge is -1.87. The molecular formula is C9H9N3S. The average Bonchev–Trinajstić information content (AvgIpc) is 2.58. The lowest BCUT2D eigenvalue weighted by atomic mass is 10.2. The Labute approximate surface area is 81.3 Å². The first-order valence-electron chi connectivity index (χ1n) is 3.98. The van der Waals surface area contributed by atoms with Gasteiger partial charge in [0.15, 0.2) is 5.65 Å². The summed E-state index contributed by atoms with van der Waals surface area (Å²) < 4.78 is 0. The van der Waals surface area contributed by atoms with Crippen LogP contribution in [0.3, 0.4) is 0 Å². The van der Waals surface area contributed by atoms with Crippen LogP contribution in [0.2, 0.25) is 0 Å². The van der Waals surface area contributed by atoms with E-state index in [-0.39, 0.29) is 0 Å². The second-order valence-electron chi connectivity index (χ2n) is 2.60. The number of H-pyrrole nitrogens is 1. The molecule has 0 unspecified atom stereocenters. The fourth-order valence-corrected chi connectivity index (χ4v) is 1.27. The summed E-state index contributed by atoms with van der Waals surface area (Å²) in [5, 5.41) is 8.02. The molecular weight excluding hydrogens is 182 g/mol. The summed E-state index contributed by atoms with van der Waals surface area (Å²) in [4.78, 5) is 4.11. The Morgan fingerprint density at radius 3 is 3.31 bits per heavy atom. The van der Waals surface area contributed by atoms with Crippen LogP contribution in [-0.4, -0.2) is 20.9 Å². The molecule has 0 saturated heterocycles. The van der Waals surface area contributed by atoms with Crippen LogP contribution in [0.15, 0.2) is 24.4 Å². The molecule has 0 spiro atoms. The molecule has 0 amide bonds. The Bertz CT molecular complexity index is 433. The molecule has 2 aromatic heterocycles. The molecule has 0 aliphatic heterocycles. The van der Waals surface area contributed by atoms with Gasteiger partial charge in [-0.15, -0.1) is 0 Å². The first-order valence-corrected chi connectivity index (χ1v) is 4.61. The standard InChI is InChI=1S/C9H9N3S/c13-6-2-4-8-7-3-1-5-10-9(7)12-11-8/h1-5,13H,6H2,(H,10,11,12). The third kappa shape index (κ3) is 1.58. The Morgan fingerprint density at radius 2 is 2.46 bits per heavy atom. The van der Waals surface area contributed by atoms with Crippen molar-refractivity contribution in [2.24, 2.45) is 0 Å². The van der Waals surface area contributed by atoms with Gasteiger partial charge in [-0.3, -0.25) is 5.10 Å². The maximum absolute atomic E-state index is 4.11. The summed E-state index contributed by atoms with van der Waals surface area (Å²) in [6, 6.07) is 3.89.